The molecule has 1 aromatic carbocycles. The Hall–Kier alpha value is -2.38. The SMILES string of the molecule is Cc1ccc(C(=O)N2CCN(C(=O)c3ccc(Cl)cc3N3CCCC3=O)CC2)s1. The van der Waals surface area contributed by atoms with Crippen molar-refractivity contribution in [3.05, 3.63) is 50.7 Å². The van der Waals surface area contributed by atoms with E-state index in [9.17, 15) is 14.4 Å². The van der Waals surface area contributed by atoms with Crippen molar-refractivity contribution in [2.45, 2.75) is 19.8 Å². The molecule has 0 spiro atoms. The summed E-state index contributed by atoms with van der Waals surface area (Å²) in [4.78, 5) is 45.1. The van der Waals surface area contributed by atoms with Gasteiger partial charge in [0.2, 0.25) is 5.91 Å². The fourth-order valence-electron chi connectivity index (χ4n) is 3.80. The van der Waals surface area contributed by atoms with Gasteiger partial charge in [0.25, 0.3) is 11.8 Å². The van der Waals surface area contributed by atoms with E-state index >= 15 is 0 Å². The molecule has 2 aromatic rings. The van der Waals surface area contributed by atoms with Crippen molar-refractivity contribution in [1.29, 1.82) is 0 Å². The number of hydrogen-bond acceptors (Lipinski definition) is 4. The second-order valence-electron chi connectivity index (χ2n) is 7.31. The van der Waals surface area contributed by atoms with Crippen LogP contribution in [0.4, 0.5) is 5.69 Å². The van der Waals surface area contributed by atoms with Crippen LogP contribution in [0.5, 0.6) is 0 Å². The molecule has 2 saturated heterocycles. The lowest BCUT2D eigenvalue weighted by Gasteiger charge is -2.35. The van der Waals surface area contributed by atoms with Crippen molar-refractivity contribution in [3.8, 4) is 0 Å². The molecule has 0 radical (unpaired) electrons. The molecule has 0 N–H and O–H groups in total. The molecule has 152 valence electrons. The van der Waals surface area contributed by atoms with Gasteiger partial charge in [0.05, 0.1) is 16.1 Å². The summed E-state index contributed by atoms with van der Waals surface area (Å²) in [6.07, 6.45) is 1.27. The Morgan fingerprint density at radius 3 is 2.24 bits per heavy atom. The molecule has 2 aliphatic rings. The van der Waals surface area contributed by atoms with Crippen LogP contribution >= 0.6 is 22.9 Å². The monoisotopic (exact) mass is 431 g/mol. The summed E-state index contributed by atoms with van der Waals surface area (Å²) in [5.41, 5.74) is 1.07. The Balaban J connectivity index is 1.47. The van der Waals surface area contributed by atoms with Gasteiger partial charge in [0, 0.05) is 49.0 Å². The molecule has 0 bridgehead atoms. The largest absolute Gasteiger partial charge is 0.335 e. The van der Waals surface area contributed by atoms with Crippen LogP contribution < -0.4 is 4.90 Å². The lowest BCUT2D eigenvalue weighted by atomic mass is 10.1. The number of carbonyl (C=O) groups excluding carboxylic acids is 3. The van der Waals surface area contributed by atoms with Crippen LogP contribution in [-0.4, -0.2) is 60.2 Å². The first-order chi connectivity index (χ1) is 13.9. The quantitative estimate of drug-likeness (QED) is 0.748. The highest BCUT2D eigenvalue weighted by molar-refractivity contribution is 7.13. The molecule has 0 atom stereocenters. The molecule has 2 aliphatic heterocycles. The van der Waals surface area contributed by atoms with E-state index in [4.69, 9.17) is 11.6 Å². The summed E-state index contributed by atoms with van der Waals surface area (Å²) in [7, 11) is 0. The zero-order valence-corrected chi connectivity index (χ0v) is 17.8. The van der Waals surface area contributed by atoms with E-state index < -0.39 is 0 Å². The van der Waals surface area contributed by atoms with Crippen molar-refractivity contribution in [1.82, 2.24) is 9.80 Å². The molecular weight excluding hydrogens is 410 g/mol. The molecule has 29 heavy (non-hydrogen) atoms. The van der Waals surface area contributed by atoms with Gasteiger partial charge in [-0.1, -0.05) is 11.6 Å². The zero-order chi connectivity index (χ0) is 20.5. The van der Waals surface area contributed by atoms with E-state index in [-0.39, 0.29) is 17.7 Å². The highest BCUT2D eigenvalue weighted by Gasteiger charge is 2.30. The van der Waals surface area contributed by atoms with E-state index in [0.717, 1.165) is 16.2 Å². The molecule has 0 aliphatic carbocycles. The van der Waals surface area contributed by atoms with Gasteiger partial charge < -0.3 is 14.7 Å². The van der Waals surface area contributed by atoms with E-state index in [1.165, 1.54) is 11.3 Å². The average Bonchev–Trinajstić information content (AvgIpc) is 3.35. The zero-order valence-electron chi connectivity index (χ0n) is 16.2. The lowest BCUT2D eigenvalue weighted by Crippen LogP contribution is -2.50. The normalized spacial score (nSPS) is 17.2. The third-order valence-corrected chi connectivity index (χ3v) is 6.58. The molecule has 0 saturated carbocycles. The standard InChI is InChI=1S/C21H22ClN3O3S/c1-14-4-7-18(29-14)21(28)24-11-9-23(10-12-24)20(27)16-6-5-15(22)13-17(16)25-8-2-3-19(25)26/h4-7,13H,2-3,8-12H2,1H3. The summed E-state index contributed by atoms with van der Waals surface area (Å²) in [6.45, 7) is 4.49. The van der Waals surface area contributed by atoms with Crippen LogP contribution in [0.1, 0.15) is 37.7 Å². The maximum absolute atomic E-state index is 13.2. The number of halogens is 1. The van der Waals surface area contributed by atoms with Crippen molar-refractivity contribution in [3.63, 3.8) is 0 Å². The van der Waals surface area contributed by atoms with Crippen LogP contribution in [0.15, 0.2) is 30.3 Å². The molecular formula is C21H22ClN3O3S. The topological polar surface area (TPSA) is 60.9 Å². The molecule has 8 heteroatoms. The van der Waals surface area contributed by atoms with E-state index in [2.05, 4.69) is 0 Å². The number of aryl methyl sites for hydroxylation is 1. The number of piperazine rings is 1. The number of rotatable bonds is 3. The van der Waals surface area contributed by atoms with E-state index in [1.54, 1.807) is 32.9 Å². The van der Waals surface area contributed by atoms with Gasteiger partial charge in [-0.05, 0) is 43.7 Å². The minimum atomic E-state index is -0.129. The van der Waals surface area contributed by atoms with Crippen molar-refractivity contribution >= 4 is 46.3 Å². The van der Waals surface area contributed by atoms with Gasteiger partial charge in [-0.3, -0.25) is 14.4 Å². The summed E-state index contributed by atoms with van der Waals surface area (Å²) in [5.74, 6) is -0.0940. The third-order valence-electron chi connectivity index (χ3n) is 5.36. The minimum absolute atomic E-state index is 0.0166. The Morgan fingerprint density at radius 2 is 1.66 bits per heavy atom. The number of nitrogens with zero attached hydrogens (tertiary/aromatic N) is 3. The second kappa shape index (κ2) is 8.16. The molecule has 3 amide bonds. The summed E-state index contributed by atoms with van der Waals surface area (Å²) >= 11 is 7.63. The first-order valence-corrected chi connectivity index (χ1v) is 10.9. The van der Waals surface area contributed by atoms with Crippen LogP contribution in [0.25, 0.3) is 0 Å². The average molecular weight is 432 g/mol. The van der Waals surface area contributed by atoms with Gasteiger partial charge in [0.15, 0.2) is 0 Å². The van der Waals surface area contributed by atoms with Gasteiger partial charge in [0.1, 0.15) is 0 Å². The Labute approximate surface area is 178 Å². The fraction of sp³-hybridized carbons (Fsp3) is 0.381. The molecule has 2 fully saturated rings. The fourth-order valence-corrected chi connectivity index (χ4v) is 4.80. The third kappa shape index (κ3) is 4.02. The Kier molecular flexibility index (Phi) is 5.61. The second-order valence-corrected chi connectivity index (χ2v) is 9.03. The van der Waals surface area contributed by atoms with Gasteiger partial charge in [-0.25, -0.2) is 0 Å². The lowest BCUT2D eigenvalue weighted by molar-refractivity contribution is -0.117. The van der Waals surface area contributed by atoms with E-state index in [0.29, 0.717) is 55.4 Å². The first-order valence-electron chi connectivity index (χ1n) is 9.69. The number of hydrogen-bond donors (Lipinski definition) is 0. The molecule has 4 rings (SSSR count). The number of thiophene rings is 1. The highest BCUT2D eigenvalue weighted by atomic mass is 35.5. The van der Waals surface area contributed by atoms with Crippen LogP contribution in [0, 0.1) is 6.92 Å². The van der Waals surface area contributed by atoms with Crippen LogP contribution in [0.2, 0.25) is 5.02 Å². The van der Waals surface area contributed by atoms with E-state index in [1.807, 2.05) is 19.1 Å². The van der Waals surface area contributed by atoms with Gasteiger partial charge >= 0.3 is 0 Å². The summed E-state index contributed by atoms with van der Waals surface area (Å²) < 4.78 is 0. The predicted octanol–water partition coefficient (Wildman–Crippen LogP) is 3.43. The van der Waals surface area contributed by atoms with Crippen molar-refractivity contribution in [2.24, 2.45) is 0 Å². The first kappa shape index (κ1) is 19.9. The van der Waals surface area contributed by atoms with Crippen LogP contribution in [-0.2, 0) is 4.79 Å². The molecule has 6 nitrogen and oxygen atoms in total. The molecule has 0 unspecified atom stereocenters. The maximum Gasteiger partial charge on any atom is 0.264 e. The number of carbonyl (C=O) groups is 3. The Bertz CT molecular complexity index is 966. The summed E-state index contributed by atoms with van der Waals surface area (Å²) in [6, 6.07) is 8.86. The smallest absolute Gasteiger partial charge is 0.264 e. The van der Waals surface area contributed by atoms with Gasteiger partial charge in [-0.2, -0.15) is 0 Å². The van der Waals surface area contributed by atoms with Crippen molar-refractivity contribution in [2.75, 3.05) is 37.6 Å². The number of amides is 3. The van der Waals surface area contributed by atoms with Gasteiger partial charge in [-0.15, -0.1) is 11.3 Å². The van der Waals surface area contributed by atoms with Crippen LogP contribution in [0.3, 0.4) is 0 Å². The predicted molar refractivity (Wildman–Crippen MR) is 114 cm³/mol. The minimum Gasteiger partial charge on any atom is -0.335 e. The summed E-state index contributed by atoms with van der Waals surface area (Å²) in [5, 5.41) is 0.498. The highest BCUT2D eigenvalue weighted by Crippen LogP contribution is 2.30. The maximum atomic E-state index is 13.2. The number of anilines is 1. The number of benzene rings is 1. The molecule has 3 heterocycles. The molecule has 1 aromatic heterocycles. The Morgan fingerprint density at radius 1 is 0.966 bits per heavy atom. The van der Waals surface area contributed by atoms with Crippen molar-refractivity contribution < 1.29 is 14.4 Å².